The quantitative estimate of drug-likeness (QED) is 0.789. The van der Waals surface area contributed by atoms with Crippen LogP contribution >= 0.6 is 46.4 Å². The summed E-state index contributed by atoms with van der Waals surface area (Å²) in [5.41, 5.74) is 0. The van der Waals surface area contributed by atoms with E-state index in [-0.39, 0.29) is 33.2 Å². The lowest BCUT2D eigenvalue weighted by Gasteiger charge is -2.01. The smallest absolute Gasteiger partial charge is 0.322 e. The third-order valence-electron chi connectivity index (χ3n) is 1.74. The lowest BCUT2D eigenvalue weighted by Crippen LogP contribution is -2.01. The van der Waals surface area contributed by atoms with E-state index in [1.165, 1.54) is 7.11 Å². The van der Waals surface area contributed by atoms with Crippen LogP contribution in [0.5, 0.6) is 12.0 Å². The van der Waals surface area contributed by atoms with Gasteiger partial charge in [-0.15, -0.1) is 0 Å². The number of nitrogens with zero attached hydrogens (tertiary/aromatic N) is 6. The van der Waals surface area contributed by atoms with Crippen LogP contribution in [-0.2, 0) is 0 Å². The molecule has 0 aromatic carbocycles. The molecule has 0 amide bonds. The van der Waals surface area contributed by atoms with Gasteiger partial charge < -0.3 is 9.47 Å². The molecule has 22 heavy (non-hydrogen) atoms. The van der Waals surface area contributed by atoms with Crippen molar-refractivity contribution in [3.8, 4) is 12.0 Å². The van der Waals surface area contributed by atoms with Crippen molar-refractivity contribution in [1.82, 2.24) is 29.9 Å². The second-order valence-corrected chi connectivity index (χ2v) is 4.72. The summed E-state index contributed by atoms with van der Waals surface area (Å²) in [7, 11) is 1.42. The largest absolute Gasteiger partial charge is 0.467 e. The van der Waals surface area contributed by atoms with Crippen molar-refractivity contribution in [2.75, 3.05) is 13.7 Å². The summed E-state index contributed by atoms with van der Waals surface area (Å²) in [5, 5.41) is 0.135. The first-order valence-corrected chi connectivity index (χ1v) is 7.26. The summed E-state index contributed by atoms with van der Waals surface area (Å²) in [6.07, 6.45) is 0.876. The van der Waals surface area contributed by atoms with E-state index in [1.54, 1.807) is 0 Å². The van der Waals surface area contributed by atoms with E-state index >= 15 is 0 Å². The van der Waals surface area contributed by atoms with E-state index in [0.717, 1.165) is 6.42 Å². The number of hydrogen-bond donors (Lipinski definition) is 0. The van der Waals surface area contributed by atoms with Crippen LogP contribution in [0.15, 0.2) is 0 Å². The molecule has 0 atom stereocenters. The highest BCUT2D eigenvalue weighted by Crippen LogP contribution is 2.11. The summed E-state index contributed by atoms with van der Waals surface area (Å²) in [4.78, 5) is 21.7. The van der Waals surface area contributed by atoms with Gasteiger partial charge in [-0.25, -0.2) is 0 Å². The number of aromatic nitrogens is 6. The van der Waals surface area contributed by atoms with Gasteiger partial charge in [0.25, 0.3) is 0 Å². The summed E-state index contributed by atoms with van der Waals surface area (Å²) < 4.78 is 9.73. The highest BCUT2D eigenvalue weighted by Gasteiger charge is 2.02. The lowest BCUT2D eigenvalue weighted by molar-refractivity contribution is 0.291. The third kappa shape index (κ3) is 7.17. The van der Waals surface area contributed by atoms with Crippen molar-refractivity contribution in [1.29, 1.82) is 0 Å². The molecule has 0 aliphatic heterocycles. The van der Waals surface area contributed by atoms with Gasteiger partial charge in [-0.3, -0.25) is 0 Å². The Morgan fingerprint density at radius 2 is 1.14 bits per heavy atom. The molecule has 0 aliphatic carbocycles. The molecule has 0 radical (unpaired) electrons. The van der Waals surface area contributed by atoms with Crippen LogP contribution in [0.3, 0.4) is 0 Å². The van der Waals surface area contributed by atoms with Crippen LogP contribution in [0.25, 0.3) is 0 Å². The van der Waals surface area contributed by atoms with E-state index < -0.39 is 0 Å². The summed E-state index contributed by atoms with van der Waals surface area (Å²) in [6, 6.07) is 0.284. The summed E-state index contributed by atoms with van der Waals surface area (Å²) >= 11 is 21.8. The molecule has 12 heteroatoms. The van der Waals surface area contributed by atoms with Crippen molar-refractivity contribution in [3.63, 3.8) is 0 Å². The molecule has 2 aromatic rings. The molecule has 0 bridgehead atoms. The highest BCUT2D eigenvalue weighted by atomic mass is 35.5. The average molecular weight is 388 g/mol. The molecule has 0 unspecified atom stereocenters. The molecule has 0 saturated heterocycles. The molecule has 0 spiro atoms. The van der Waals surface area contributed by atoms with Gasteiger partial charge in [-0.1, -0.05) is 6.92 Å². The van der Waals surface area contributed by atoms with Gasteiger partial charge in [-0.05, 0) is 52.8 Å². The SMILES string of the molecule is CCCOc1nc(Cl)nc(Cl)n1.COc1nc(Cl)nc(Cl)n1. The monoisotopic (exact) mass is 386 g/mol. The van der Waals surface area contributed by atoms with Crippen molar-refractivity contribution in [2.24, 2.45) is 0 Å². The van der Waals surface area contributed by atoms with Gasteiger partial charge in [0.2, 0.25) is 21.1 Å². The Kier molecular flexibility index (Phi) is 8.32. The van der Waals surface area contributed by atoms with Gasteiger partial charge in [0.1, 0.15) is 0 Å². The zero-order valence-corrected chi connectivity index (χ0v) is 14.4. The normalized spacial score (nSPS) is 9.73. The third-order valence-corrected chi connectivity index (χ3v) is 2.41. The standard InChI is InChI=1S/C6H7Cl2N3O.C4H3Cl2N3O/c1-2-3-12-6-10-4(7)9-5(8)11-6;1-10-4-8-2(5)7-3(6)9-4/h2-3H2,1H3;1H3. The number of methoxy groups -OCH3 is 1. The first kappa shape index (κ1) is 18.8. The molecule has 0 saturated carbocycles. The Morgan fingerprint density at radius 3 is 1.50 bits per heavy atom. The van der Waals surface area contributed by atoms with Gasteiger partial charge in [0, 0.05) is 0 Å². The molecule has 2 heterocycles. The van der Waals surface area contributed by atoms with Gasteiger partial charge in [0.15, 0.2) is 0 Å². The maximum Gasteiger partial charge on any atom is 0.322 e. The van der Waals surface area contributed by atoms with Gasteiger partial charge >= 0.3 is 12.0 Å². The zero-order valence-electron chi connectivity index (χ0n) is 11.4. The first-order chi connectivity index (χ1) is 10.4. The van der Waals surface area contributed by atoms with E-state index in [1.807, 2.05) is 6.92 Å². The van der Waals surface area contributed by atoms with Crippen LogP contribution in [0.1, 0.15) is 13.3 Å². The zero-order chi connectivity index (χ0) is 16.5. The first-order valence-electron chi connectivity index (χ1n) is 5.75. The number of halogens is 4. The van der Waals surface area contributed by atoms with E-state index in [4.69, 9.17) is 51.1 Å². The number of hydrogen-bond acceptors (Lipinski definition) is 8. The Balaban J connectivity index is 0.000000224. The van der Waals surface area contributed by atoms with Crippen molar-refractivity contribution in [2.45, 2.75) is 13.3 Å². The van der Waals surface area contributed by atoms with Gasteiger partial charge in [0.05, 0.1) is 13.7 Å². The fourth-order valence-corrected chi connectivity index (χ4v) is 1.66. The predicted octanol–water partition coefficient (Wildman–Crippen LogP) is 3.15. The van der Waals surface area contributed by atoms with Crippen LogP contribution < -0.4 is 9.47 Å². The molecular weight excluding hydrogens is 378 g/mol. The van der Waals surface area contributed by atoms with E-state index in [9.17, 15) is 0 Å². The van der Waals surface area contributed by atoms with Crippen molar-refractivity contribution < 1.29 is 9.47 Å². The molecule has 120 valence electrons. The fraction of sp³-hybridized carbons (Fsp3) is 0.400. The molecule has 2 rings (SSSR count). The second kappa shape index (κ2) is 9.73. The van der Waals surface area contributed by atoms with Crippen molar-refractivity contribution in [3.05, 3.63) is 21.1 Å². The van der Waals surface area contributed by atoms with Crippen molar-refractivity contribution >= 4 is 46.4 Å². The van der Waals surface area contributed by atoms with Crippen LogP contribution in [0, 0.1) is 0 Å². The van der Waals surface area contributed by atoms with E-state index in [0.29, 0.717) is 6.61 Å². The minimum Gasteiger partial charge on any atom is -0.467 e. The number of rotatable bonds is 4. The Morgan fingerprint density at radius 1 is 0.727 bits per heavy atom. The molecule has 0 N–H and O–H groups in total. The van der Waals surface area contributed by atoms with E-state index in [2.05, 4.69) is 34.6 Å². The minimum absolute atomic E-state index is 0.0249. The van der Waals surface area contributed by atoms with Gasteiger partial charge in [-0.2, -0.15) is 29.9 Å². The topological polar surface area (TPSA) is 95.8 Å². The Hall–Kier alpha value is -1.22. The Bertz CT molecular complexity index is 577. The Labute approximate surface area is 146 Å². The summed E-state index contributed by atoms with van der Waals surface area (Å²) in [5.74, 6) is 0. The second-order valence-electron chi connectivity index (χ2n) is 3.36. The molecule has 0 aliphatic rings. The lowest BCUT2D eigenvalue weighted by atomic mass is 10.5. The molecule has 0 fully saturated rings. The van der Waals surface area contributed by atoms with Crippen LogP contribution in [0.4, 0.5) is 0 Å². The average Bonchev–Trinajstić information content (AvgIpc) is 2.43. The fourth-order valence-electron chi connectivity index (χ4n) is 0.967. The van der Waals surface area contributed by atoms with Crippen LogP contribution in [0.2, 0.25) is 21.1 Å². The van der Waals surface area contributed by atoms with Crippen LogP contribution in [-0.4, -0.2) is 43.6 Å². The molecule has 8 nitrogen and oxygen atoms in total. The maximum absolute atomic E-state index is 5.50. The molecule has 2 aromatic heterocycles. The summed E-state index contributed by atoms with van der Waals surface area (Å²) in [6.45, 7) is 2.51. The maximum atomic E-state index is 5.50. The molecular formula is C10H10Cl4N6O2. The highest BCUT2D eigenvalue weighted by molar-refractivity contribution is 6.31. The predicted molar refractivity (Wildman–Crippen MR) is 82.0 cm³/mol. The number of ether oxygens (including phenoxy) is 2. The minimum atomic E-state index is 0.0249.